The molecule has 1 aromatic carbocycles. The summed E-state index contributed by atoms with van der Waals surface area (Å²) in [7, 11) is 0. The minimum Gasteiger partial charge on any atom is -0.480 e. The number of carboxylic acid groups (broad SMARTS) is 1. The highest BCUT2D eigenvalue weighted by Gasteiger charge is 2.28. The molecule has 0 fully saturated rings. The van der Waals surface area contributed by atoms with Gasteiger partial charge in [-0.1, -0.05) is 12.1 Å². The lowest BCUT2D eigenvalue weighted by Crippen LogP contribution is -2.32. The summed E-state index contributed by atoms with van der Waals surface area (Å²) in [4.78, 5) is 33.5. The second kappa shape index (κ2) is 7.23. The molecule has 148 valence electrons. The smallest absolute Gasteiger partial charge is 0.328 e. The van der Waals surface area contributed by atoms with E-state index < -0.39 is 12.0 Å². The summed E-state index contributed by atoms with van der Waals surface area (Å²) in [6.07, 6.45) is 4.54. The third-order valence-corrected chi connectivity index (χ3v) is 4.72. The highest BCUT2D eigenvalue weighted by Crippen LogP contribution is 2.29. The molecular formula is C19H18N6O4. The van der Waals surface area contributed by atoms with E-state index in [1.54, 1.807) is 36.4 Å². The molecule has 0 radical (unpaired) electrons. The number of carbonyl (C=O) groups is 2. The van der Waals surface area contributed by atoms with Gasteiger partial charge >= 0.3 is 5.97 Å². The van der Waals surface area contributed by atoms with Crippen LogP contribution in [0.1, 0.15) is 23.3 Å². The minimum absolute atomic E-state index is 0.0727. The van der Waals surface area contributed by atoms with Gasteiger partial charge in [-0.3, -0.25) is 9.48 Å². The lowest BCUT2D eigenvalue weighted by molar-refractivity contribution is -0.140. The van der Waals surface area contributed by atoms with Crippen LogP contribution < -0.4 is 15.4 Å². The molecule has 1 aliphatic heterocycles. The molecule has 0 saturated heterocycles. The Labute approximate surface area is 165 Å². The fraction of sp³-hybridized carbons (Fsp3) is 0.211. The fourth-order valence-electron chi connectivity index (χ4n) is 3.05. The molecule has 3 N–H and O–H groups in total. The average Bonchev–Trinajstić information content (AvgIpc) is 3.14. The number of ether oxygens (including phenoxy) is 1. The Morgan fingerprint density at radius 2 is 2.00 bits per heavy atom. The van der Waals surface area contributed by atoms with Crippen molar-refractivity contribution in [3.05, 3.63) is 48.5 Å². The van der Waals surface area contributed by atoms with E-state index in [0.29, 0.717) is 12.2 Å². The van der Waals surface area contributed by atoms with Crippen LogP contribution in [-0.2, 0) is 4.79 Å². The summed E-state index contributed by atoms with van der Waals surface area (Å²) in [6.45, 7) is 2.17. The van der Waals surface area contributed by atoms with Gasteiger partial charge < -0.3 is 20.5 Å². The van der Waals surface area contributed by atoms with Crippen LogP contribution in [0.2, 0.25) is 0 Å². The first-order chi connectivity index (χ1) is 14.0. The van der Waals surface area contributed by atoms with E-state index in [4.69, 9.17) is 15.6 Å². The summed E-state index contributed by atoms with van der Waals surface area (Å²) >= 11 is 0. The van der Waals surface area contributed by atoms with Crippen LogP contribution in [0.25, 0.3) is 11.1 Å². The predicted molar refractivity (Wildman–Crippen MR) is 104 cm³/mol. The normalized spacial score (nSPS) is 14.7. The number of aromatic nitrogens is 4. The van der Waals surface area contributed by atoms with Crippen molar-refractivity contribution in [2.45, 2.75) is 13.0 Å². The van der Waals surface area contributed by atoms with Crippen molar-refractivity contribution in [3.8, 4) is 17.0 Å². The lowest BCUT2D eigenvalue weighted by atomic mass is 10.1. The highest BCUT2D eigenvalue weighted by atomic mass is 16.5. The third-order valence-electron chi connectivity index (χ3n) is 4.72. The van der Waals surface area contributed by atoms with Crippen LogP contribution in [0.3, 0.4) is 0 Å². The van der Waals surface area contributed by atoms with Gasteiger partial charge in [0, 0.05) is 17.4 Å². The largest absolute Gasteiger partial charge is 0.480 e. The molecule has 0 saturated carbocycles. The zero-order chi connectivity index (χ0) is 20.5. The van der Waals surface area contributed by atoms with E-state index in [1.165, 1.54) is 11.0 Å². The summed E-state index contributed by atoms with van der Waals surface area (Å²) in [6, 6.07) is 6.53. The molecule has 0 spiro atoms. The Morgan fingerprint density at radius 3 is 2.72 bits per heavy atom. The standard InChI is InChI=1S/C19H18N6O4/c1-11(19(27)28)25-9-13(8-23-25)12-2-4-14(5-3-12)24-6-7-29-17-15(18(24)26)16(20)21-10-22-17/h2-5,8-11H,6-7H2,1H3,(H,27,28)(H2,20,21,22). The molecule has 0 aliphatic carbocycles. The second-order valence-corrected chi connectivity index (χ2v) is 6.51. The molecule has 1 unspecified atom stereocenters. The van der Waals surface area contributed by atoms with Crippen molar-refractivity contribution in [2.75, 3.05) is 23.8 Å². The van der Waals surface area contributed by atoms with Gasteiger partial charge in [-0.15, -0.1) is 0 Å². The maximum atomic E-state index is 13.0. The van der Waals surface area contributed by atoms with Crippen LogP contribution in [0.5, 0.6) is 5.88 Å². The van der Waals surface area contributed by atoms with E-state index in [9.17, 15) is 9.59 Å². The molecule has 0 bridgehead atoms. The Morgan fingerprint density at radius 1 is 1.24 bits per heavy atom. The van der Waals surface area contributed by atoms with Gasteiger partial charge in [-0.25, -0.2) is 14.8 Å². The molecule has 2 aromatic heterocycles. The highest BCUT2D eigenvalue weighted by molar-refractivity contribution is 6.10. The zero-order valence-corrected chi connectivity index (χ0v) is 15.5. The summed E-state index contributed by atoms with van der Waals surface area (Å²) < 4.78 is 6.93. The minimum atomic E-state index is -0.958. The number of nitrogens with zero attached hydrogens (tertiary/aromatic N) is 5. The Balaban J connectivity index is 1.60. The molecule has 29 heavy (non-hydrogen) atoms. The van der Waals surface area contributed by atoms with Crippen LogP contribution in [0.15, 0.2) is 43.0 Å². The Kier molecular flexibility index (Phi) is 4.59. The molecule has 1 atom stereocenters. The van der Waals surface area contributed by atoms with Crippen LogP contribution in [0, 0.1) is 0 Å². The Hall–Kier alpha value is -3.95. The average molecular weight is 394 g/mol. The molecule has 10 heteroatoms. The van der Waals surface area contributed by atoms with Crippen LogP contribution >= 0.6 is 0 Å². The van der Waals surface area contributed by atoms with Gasteiger partial charge in [-0.2, -0.15) is 5.10 Å². The van der Waals surface area contributed by atoms with Crippen molar-refractivity contribution in [3.63, 3.8) is 0 Å². The zero-order valence-electron chi connectivity index (χ0n) is 15.5. The molecular weight excluding hydrogens is 376 g/mol. The number of amides is 1. The number of benzene rings is 1. The number of nitrogen functional groups attached to an aromatic ring is 1. The summed E-state index contributed by atoms with van der Waals surface area (Å²) in [5.41, 5.74) is 8.30. The number of aliphatic carboxylic acids is 1. The number of nitrogens with two attached hydrogens (primary N) is 1. The molecule has 1 aliphatic rings. The number of hydrogen-bond donors (Lipinski definition) is 2. The van der Waals surface area contributed by atoms with Crippen molar-refractivity contribution in [1.82, 2.24) is 19.7 Å². The number of carbonyl (C=O) groups excluding carboxylic acids is 1. The quantitative estimate of drug-likeness (QED) is 0.681. The van der Waals surface area contributed by atoms with E-state index in [1.807, 2.05) is 12.1 Å². The van der Waals surface area contributed by atoms with Gasteiger partial charge in [-0.05, 0) is 24.6 Å². The monoisotopic (exact) mass is 394 g/mol. The third kappa shape index (κ3) is 3.35. The SMILES string of the molecule is CC(C(=O)O)n1cc(-c2ccc(N3CCOc4ncnc(N)c4C3=O)cc2)cn1. The van der Waals surface area contributed by atoms with Crippen LogP contribution in [-0.4, -0.2) is 49.9 Å². The van der Waals surface area contributed by atoms with Crippen molar-refractivity contribution < 1.29 is 19.4 Å². The van der Waals surface area contributed by atoms with Gasteiger partial charge in [0.25, 0.3) is 5.91 Å². The first kappa shape index (κ1) is 18.4. The van der Waals surface area contributed by atoms with E-state index in [0.717, 1.165) is 11.1 Å². The lowest BCUT2D eigenvalue weighted by Gasteiger charge is -2.20. The van der Waals surface area contributed by atoms with Crippen molar-refractivity contribution in [2.24, 2.45) is 0 Å². The fourth-order valence-corrected chi connectivity index (χ4v) is 3.05. The van der Waals surface area contributed by atoms with E-state index in [2.05, 4.69) is 15.1 Å². The number of anilines is 2. The molecule has 4 rings (SSSR count). The summed E-state index contributed by atoms with van der Waals surface area (Å²) in [5, 5.41) is 13.2. The van der Waals surface area contributed by atoms with E-state index >= 15 is 0 Å². The van der Waals surface area contributed by atoms with Gasteiger partial charge in [0.1, 0.15) is 30.4 Å². The first-order valence-corrected chi connectivity index (χ1v) is 8.88. The van der Waals surface area contributed by atoms with Crippen LogP contribution in [0.4, 0.5) is 11.5 Å². The van der Waals surface area contributed by atoms with E-state index in [-0.39, 0.29) is 29.8 Å². The molecule has 10 nitrogen and oxygen atoms in total. The Bertz CT molecular complexity index is 1080. The van der Waals surface area contributed by atoms with Gasteiger partial charge in [0.05, 0.1) is 12.7 Å². The molecule has 3 aromatic rings. The number of carboxylic acids is 1. The number of rotatable bonds is 4. The summed E-state index contributed by atoms with van der Waals surface area (Å²) in [5.74, 6) is -1.03. The topological polar surface area (TPSA) is 136 Å². The first-order valence-electron chi connectivity index (χ1n) is 8.88. The second-order valence-electron chi connectivity index (χ2n) is 6.51. The van der Waals surface area contributed by atoms with Gasteiger partial charge in [0.15, 0.2) is 0 Å². The molecule has 3 heterocycles. The predicted octanol–water partition coefficient (Wildman–Crippen LogP) is 1.61. The molecule has 1 amide bonds. The maximum Gasteiger partial charge on any atom is 0.328 e. The maximum absolute atomic E-state index is 13.0. The number of fused-ring (bicyclic) bond motifs is 1. The number of hydrogen-bond acceptors (Lipinski definition) is 7. The van der Waals surface area contributed by atoms with Crippen molar-refractivity contribution >= 4 is 23.4 Å². The van der Waals surface area contributed by atoms with Gasteiger partial charge in [0.2, 0.25) is 5.88 Å². The van der Waals surface area contributed by atoms with Crippen molar-refractivity contribution in [1.29, 1.82) is 0 Å².